The van der Waals surface area contributed by atoms with Gasteiger partial charge in [-0.05, 0) is 63.2 Å². The molecule has 180 valence electrons. The zero-order chi connectivity index (χ0) is 24.3. The van der Waals surface area contributed by atoms with Crippen molar-refractivity contribution in [1.82, 2.24) is 15.1 Å². The summed E-state index contributed by atoms with van der Waals surface area (Å²) < 4.78 is 6.72. The van der Waals surface area contributed by atoms with Crippen molar-refractivity contribution in [3.8, 4) is 5.75 Å². The van der Waals surface area contributed by atoms with Crippen LogP contribution in [0.25, 0.3) is 0 Å². The summed E-state index contributed by atoms with van der Waals surface area (Å²) in [6.07, 6.45) is 2.66. The predicted octanol–water partition coefficient (Wildman–Crippen LogP) is 4.45. The summed E-state index contributed by atoms with van der Waals surface area (Å²) in [6, 6.07) is 7.70. The second-order valence-electron chi connectivity index (χ2n) is 9.82. The highest BCUT2D eigenvalue weighted by molar-refractivity contribution is 9.10. The molecule has 1 aliphatic carbocycles. The lowest BCUT2D eigenvalue weighted by Crippen LogP contribution is -2.48. The van der Waals surface area contributed by atoms with Crippen LogP contribution < -0.4 is 20.9 Å². The van der Waals surface area contributed by atoms with Crippen molar-refractivity contribution in [2.24, 2.45) is 23.2 Å². The van der Waals surface area contributed by atoms with Gasteiger partial charge in [-0.3, -0.25) is 9.59 Å². The molecule has 1 aromatic heterocycles. The number of rotatable bonds is 7. The summed E-state index contributed by atoms with van der Waals surface area (Å²) in [6.45, 7) is 11.8. The Bertz CT molecular complexity index is 1030. The number of ether oxygens (including phenoxy) is 1. The van der Waals surface area contributed by atoms with E-state index in [0.717, 1.165) is 17.7 Å². The predicted molar refractivity (Wildman–Crippen MR) is 134 cm³/mol. The van der Waals surface area contributed by atoms with Crippen LogP contribution in [-0.2, 0) is 17.9 Å². The molecular weight excluding hydrogens is 484 g/mol. The highest BCUT2D eigenvalue weighted by atomic mass is 79.9. The number of nitrogens with one attached hydrogen (secondary N) is 2. The van der Waals surface area contributed by atoms with Gasteiger partial charge in [0.15, 0.2) is 0 Å². The summed E-state index contributed by atoms with van der Waals surface area (Å²) in [5.41, 5.74) is 1.56. The molecule has 3 rings (SSSR count). The molecule has 33 heavy (non-hydrogen) atoms. The Morgan fingerprint density at radius 1 is 1.24 bits per heavy atom. The van der Waals surface area contributed by atoms with Crippen molar-refractivity contribution in [2.75, 3.05) is 12.4 Å². The van der Waals surface area contributed by atoms with E-state index in [1.54, 1.807) is 13.3 Å². The van der Waals surface area contributed by atoms with Crippen LogP contribution in [-0.4, -0.2) is 28.8 Å². The second-order valence-corrected chi connectivity index (χ2v) is 10.6. The van der Waals surface area contributed by atoms with E-state index in [-0.39, 0.29) is 29.5 Å². The zero-order valence-corrected chi connectivity index (χ0v) is 21.9. The number of amides is 1. The summed E-state index contributed by atoms with van der Waals surface area (Å²) in [4.78, 5) is 25.2. The van der Waals surface area contributed by atoms with E-state index >= 15 is 0 Å². The number of methoxy groups -OCH3 is 1. The molecule has 1 aromatic carbocycles. The summed E-state index contributed by atoms with van der Waals surface area (Å²) >= 11 is 3.43. The lowest BCUT2D eigenvalue weighted by atomic mass is 9.58. The third-order valence-electron chi connectivity index (χ3n) is 7.74. The molecule has 7 nitrogen and oxygen atoms in total. The number of hydrogen-bond acceptors (Lipinski definition) is 5. The van der Waals surface area contributed by atoms with E-state index in [0.29, 0.717) is 34.5 Å². The van der Waals surface area contributed by atoms with Crippen molar-refractivity contribution in [3.05, 3.63) is 50.9 Å². The Kier molecular flexibility index (Phi) is 7.88. The van der Waals surface area contributed by atoms with Crippen LogP contribution in [0, 0.1) is 23.2 Å². The summed E-state index contributed by atoms with van der Waals surface area (Å²) in [5.74, 6) is 2.03. The molecule has 0 bridgehead atoms. The third kappa shape index (κ3) is 5.60. The molecule has 0 aliphatic heterocycles. The highest BCUT2D eigenvalue weighted by Gasteiger charge is 2.43. The summed E-state index contributed by atoms with van der Waals surface area (Å²) in [7, 11) is 1.61. The van der Waals surface area contributed by atoms with Gasteiger partial charge in [0, 0.05) is 12.6 Å². The topological polar surface area (TPSA) is 85.2 Å². The fraction of sp³-hybridized carbons (Fsp3) is 0.560. The van der Waals surface area contributed by atoms with Crippen molar-refractivity contribution in [3.63, 3.8) is 0 Å². The number of aromatic nitrogens is 2. The van der Waals surface area contributed by atoms with Crippen LogP contribution in [0.1, 0.15) is 46.6 Å². The normalized spacial score (nSPS) is 24.2. The first kappa shape index (κ1) is 25.3. The molecule has 1 saturated carbocycles. The van der Waals surface area contributed by atoms with Gasteiger partial charge >= 0.3 is 0 Å². The Hall–Kier alpha value is -2.35. The third-order valence-corrected chi connectivity index (χ3v) is 8.51. The zero-order valence-electron chi connectivity index (χ0n) is 20.3. The number of benzene rings is 1. The number of hydrogen-bond donors (Lipinski definition) is 2. The van der Waals surface area contributed by atoms with E-state index < -0.39 is 0 Å². The Morgan fingerprint density at radius 2 is 1.91 bits per heavy atom. The van der Waals surface area contributed by atoms with Gasteiger partial charge in [-0.1, -0.05) is 46.8 Å². The smallest absolute Gasteiger partial charge is 0.283 e. The largest absolute Gasteiger partial charge is 0.497 e. The lowest BCUT2D eigenvalue weighted by molar-refractivity contribution is -0.122. The number of nitrogens with zero attached hydrogens (tertiary/aromatic N) is 2. The first-order valence-electron chi connectivity index (χ1n) is 11.5. The van der Waals surface area contributed by atoms with E-state index in [1.165, 1.54) is 4.68 Å². The first-order chi connectivity index (χ1) is 15.5. The molecular formula is C25H35BrN4O3. The minimum atomic E-state index is -0.329. The minimum Gasteiger partial charge on any atom is -0.497 e. The van der Waals surface area contributed by atoms with Crippen molar-refractivity contribution in [1.29, 1.82) is 0 Å². The Balaban J connectivity index is 1.63. The standard InChI is InChI=1S/C25H35BrN4O3/c1-15-11-20(16(2)17(3)25(15,4)5)29-21-13-28-30(24(32)23(21)26)14-22(31)27-12-18-7-9-19(33-6)10-8-18/h7-10,13,15-17,20,29H,11-12,14H2,1-6H3,(H,27,31)/t15-,16+,17+,20+/m0/s1. The fourth-order valence-electron chi connectivity index (χ4n) is 4.58. The van der Waals surface area contributed by atoms with Crippen molar-refractivity contribution >= 4 is 27.5 Å². The molecule has 1 fully saturated rings. The van der Waals surface area contributed by atoms with E-state index in [4.69, 9.17) is 4.74 Å². The van der Waals surface area contributed by atoms with Crippen LogP contribution in [0.5, 0.6) is 5.75 Å². The van der Waals surface area contributed by atoms with E-state index in [9.17, 15) is 9.59 Å². The van der Waals surface area contributed by atoms with Gasteiger partial charge in [-0.2, -0.15) is 5.10 Å². The fourth-order valence-corrected chi connectivity index (χ4v) is 5.00. The number of halogens is 1. The average molecular weight is 519 g/mol. The van der Waals surface area contributed by atoms with Crippen LogP contribution in [0.3, 0.4) is 0 Å². The molecule has 0 unspecified atom stereocenters. The van der Waals surface area contributed by atoms with Crippen LogP contribution in [0.15, 0.2) is 39.7 Å². The number of carbonyl (C=O) groups excluding carboxylic acids is 1. The molecule has 1 amide bonds. The molecule has 2 aromatic rings. The second kappa shape index (κ2) is 10.3. The molecule has 0 radical (unpaired) electrons. The molecule has 2 N–H and O–H groups in total. The van der Waals surface area contributed by atoms with Gasteiger partial charge in [0.25, 0.3) is 5.56 Å². The molecule has 1 aliphatic rings. The van der Waals surface area contributed by atoms with Crippen LogP contribution in [0.4, 0.5) is 5.69 Å². The molecule has 0 saturated heterocycles. The maximum Gasteiger partial charge on any atom is 0.283 e. The monoisotopic (exact) mass is 518 g/mol. The summed E-state index contributed by atoms with van der Waals surface area (Å²) in [5, 5.41) is 10.6. The SMILES string of the molecule is COc1ccc(CNC(=O)Cn2ncc(N[C@@H]3C[C@H](C)C(C)(C)[C@H](C)[C@H]3C)c(Br)c2=O)cc1. The molecule has 8 heteroatoms. The Labute approximate surface area is 204 Å². The van der Waals surface area contributed by atoms with E-state index in [2.05, 4.69) is 66.3 Å². The maximum absolute atomic E-state index is 12.8. The average Bonchev–Trinajstić information content (AvgIpc) is 2.80. The van der Waals surface area contributed by atoms with Gasteiger partial charge in [-0.15, -0.1) is 0 Å². The van der Waals surface area contributed by atoms with Crippen molar-refractivity contribution < 1.29 is 9.53 Å². The number of carbonyl (C=O) groups is 1. The van der Waals surface area contributed by atoms with Gasteiger partial charge in [-0.25, -0.2) is 4.68 Å². The molecule has 0 spiro atoms. The molecule has 4 atom stereocenters. The molecule has 1 heterocycles. The Morgan fingerprint density at radius 3 is 2.55 bits per heavy atom. The van der Waals surface area contributed by atoms with Gasteiger partial charge < -0.3 is 15.4 Å². The first-order valence-corrected chi connectivity index (χ1v) is 12.3. The highest BCUT2D eigenvalue weighted by Crippen LogP contribution is 2.48. The van der Waals surface area contributed by atoms with Crippen LogP contribution >= 0.6 is 15.9 Å². The lowest BCUT2D eigenvalue weighted by Gasteiger charge is -2.50. The van der Waals surface area contributed by atoms with E-state index in [1.807, 2.05) is 24.3 Å². The van der Waals surface area contributed by atoms with Gasteiger partial charge in [0.1, 0.15) is 16.8 Å². The minimum absolute atomic E-state index is 0.143. The quantitative estimate of drug-likeness (QED) is 0.565. The van der Waals surface area contributed by atoms with Gasteiger partial charge in [0.2, 0.25) is 5.91 Å². The van der Waals surface area contributed by atoms with Gasteiger partial charge in [0.05, 0.1) is 19.0 Å². The van der Waals surface area contributed by atoms with Crippen LogP contribution in [0.2, 0.25) is 0 Å². The number of anilines is 1. The maximum atomic E-state index is 12.8. The van der Waals surface area contributed by atoms with Crippen molar-refractivity contribution in [2.45, 2.75) is 60.2 Å².